The molecule has 4 saturated carbocycles. The summed E-state index contributed by atoms with van der Waals surface area (Å²) in [5, 5.41) is 19.9. The summed E-state index contributed by atoms with van der Waals surface area (Å²) in [5.41, 5.74) is 0.191. The second kappa shape index (κ2) is 15.8. The highest BCUT2D eigenvalue weighted by atomic mass is 16.5. The summed E-state index contributed by atoms with van der Waals surface area (Å²) in [7, 11) is 0. The van der Waals surface area contributed by atoms with E-state index < -0.39 is 11.6 Å². The van der Waals surface area contributed by atoms with Crippen LogP contribution in [0.25, 0.3) is 0 Å². The van der Waals surface area contributed by atoms with E-state index >= 15 is 0 Å². The number of nitrogens with zero attached hydrogens (tertiary/aromatic N) is 1. The summed E-state index contributed by atoms with van der Waals surface area (Å²) in [6.07, 6.45) is 17.2. The fourth-order valence-electron chi connectivity index (χ4n) is 11.6. The van der Waals surface area contributed by atoms with Gasteiger partial charge in [-0.2, -0.15) is 0 Å². The first kappa shape index (κ1) is 38.3. The molecule has 4 fully saturated rings. The SMILES string of the molecule is CCC(=O)NC(C(=O)O[C@H]1CC[C@]2(C)[C@H]3CC[C@]4(C)[C@@H](C(C)CCCC(C)C)CC[C@H]4[C@@H]3C[C@@H](NCCc3cnc[nH]3)[C@@]2(O)C1)C(C)CC. The van der Waals surface area contributed by atoms with Crippen molar-refractivity contribution in [3.63, 3.8) is 0 Å². The summed E-state index contributed by atoms with van der Waals surface area (Å²) in [6.45, 7) is 18.8. The van der Waals surface area contributed by atoms with Crippen LogP contribution in [0.1, 0.15) is 145 Å². The lowest BCUT2D eigenvalue weighted by molar-refractivity contribution is -0.237. The highest BCUT2D eigenvalue weighted by Gasteiger charge is 2.68. The van der Waals surface area contributed by atoms with Crippen LogP contribution in [0.5, 0.6) is 0 Å². The predicted octanol–water partition coefficient (Wildman–Crippen LogP) is 7.61. The standard InChI is InChI=1S/C41H70N4O4/c1-9-27(5)37(45-36(46)10-2)38(47)49-30-16-20-40(8)34-17-19-39(7)32(28(6)13-11-12-26(3)4)14-15-33(39)31(34)22-35(41(40,48)23-30)43-21-18-29-24-42-25-44-29/h24-28,30-35,37,43,48H,9-23H2,1-8H3,(H,42,44)(H,45,46)/t27?,28?,30-,31-,32+,33-,34-,35+,37?,39+,40+,41-/m0/s1. The highest BCUT2D eigenvalue weighted by Crippen LogP contribution is 2.69. The van der Waals surface area contributed by atoms with Gasteiger partial charge in [0.1, 0.15) is 12.1 Å². The maximum atomic E-state index is 13.6. The molecule has 1 aromatic heterocycles. The molecule has 0 bridgehead atoms. The van der Waals surface area contributed by atoms with Crippen LogP contribution in [0, 0.1) is 52.3 Å². The van der Waals surface area contributed by atoms with Gasteiger partial charge >= 0.3 is 5.97 Å². The molecular formula is C41H70N4O4. The number of rotatable bonds is 15. The first-order valence-electron chi connectivity index (χ1n) is 20.2. The lowest BCUT2D eigenvalue weighted by atomic mass is 9.42. The average molecular weight is 683 g/mol. The van der Waals surface area contributed by atoms with Gasteiger partial charge in [-0.15, -0.1) is 0 Å². The van der Waals surface area contributed by atoms with E-state index in [1.807, 2.05) is 20.0 Å². The van der Waals surface area contributed by atoms with Crippen molar-refractivity contribution in [3.05, 3.63) is 18.2 Å². The zero-order valence-corrected chi connectivity index (χ0v) is 32.2. The van der Waals surface area contributed by atoms with Crippen molar-refractivity contribution in [1.82, 2.24) is 20.6 Å². The van der Waals surface area contributed by atoms with Gasteiger partial charge in [0.05, 0.1) is 11.9 Å². The molecule has 5 rings (SSSR count). The minimum absolute atomic E-state index is 0.0306. The van der Waals surface area contributed by atoms with Crippen LogP contribution >= 0.6 is 0 Å². The van der Waals surface area contributed by atoms with Crippen LogP contribution in [0.4, 0.5) is 0 Å². The Morgan fingerprint density at radius 2 is 1.84 bits per heavy atom. The first-order valence-corrected chi connectivity index (χ1v) is 20.2. The molecule has 278 valence electrons. The van der Waals surface area contributed by atoms with Gasteiger partial charge in [-0.1, -0.05) is 81.1 Å². The Balaban J connectivity index is 1.37. The van der Waals surface area contributed by atoms with Crippen molar-refractivity contribution >= 4 is 11.9 Å². The number of imidazole rings is 1. The number of H-pyrrole nitrogens is 1. The number of aromatic nitrogens is 2. The zero-order chi connectivity index (χ0) is 35.6. The normalized spacial score (nSPS) is 37.4. The first-order chi connectivity index (χ1) is 23.3. The molecule has 4 aliphatic rings. The summed E-state index contributed by atoms with van der Waals surface area (Å²) in [4.78, 5) is 33.4. The summed E-state index contributed by atoms with van der Waals surface area (Å²) in [5.74, 6) is 3.52. The van der Waals surface area contributed by atoms with Gasteiger partial charge in [0.2, 0.25) is 5.91 Å². The lowest BCUT2D eigenvalue weighted by Crippen LogP contribution is -2.71. The van der Waals surface area contributed by atoms with Crippen LogP contribution in [0.3, 0.4) is 0 Å². The number of nitrogens with one attached hydrogen (secondary N) is 3. The minimum Gasteiger partial charge on any atom is -0.461 e. The Kier molecular flexibility index (Phi) is 12.3. The molecule has 3 unspecified atom stereocenters. The molecule has 1 heterocycles. The van der Waals surface area contributed by atoms with Gasteiger partial charge in [0.25, 0.3) is 0 Å². The van der Waals surface area contributed by atoms with Gasteiger partial charge < -0.3 is 25.5 Å². The molecular weight excluding hydrogens is 612 g/mol. The van der Waals surface area contributed by atoms with E-state index in [1.54, 1.807) is 13.3 Å². The summed E-state index contributed by atoms with van der Waals surface area (Å²) < 4.78 is 6.25. The fourth-order valence-corrected chi connectivity index (χ4v) is 11.6. The number of aliphatic hydroxyl groups is 1. The Morgan fingerprint density at radius 1 is 1.06 bits per heavy atom. The zero-order valence-electron chi connectivity index (χ0n) is 32.2. The number of fused-ring (bicyclic) bond motifs is 5. The topological polar surface area (TPSA) is 116 Å². The molecule has 4 aliphatic carbocycles. The smallest absolute Gasteiger partial charge is 0.329 e. The molecule has 0 aliphatic heterocycles. The molecule has 0 aromatic carbocycles. The van der Waals surface area contributed by atoms with Gasteiger partial charge in [0, 0.05) is 49.2 Å². The van der Waals surface area contributed by atoms with Crippen molar-refractivity contribution in [1.29, 1.82) is 0 Å². The van der Waals surface area contributed by atoms with Crippen LogP contribution < -0.4 is 10.6 Å². The van der Waals surface area contributed by atoms with Crippen LogP contribution in [0.15, 0.2) is 12.5 Å². The highest BCUT2D eigenvalue weighted by molar-refractivity contribution is 5.84. The number of carbonyl (C=O) groups is 2. The average Bonchev–Trinajstić information content (AvgIpc) is 3.71. The fraction of sp³-hybridized carbons (Fsp3) is 0.878. The Labute approximate surface area is 297 Å². The summed E-state index contributed by atoms with van der Waals surface area (Å²) in [6, 6.07) is -0.753. The van der Waals surface area contributed by atoms with Crippen molar-refractivity contribution in [2.75, 3.05) is 6.54 Å². The maximum Gasteiger partial charge on any atom is 0.329 e. The van der Waals surface area contributed by atoms with Gasteiger partial charge in [-0.05, 0) is 91.8 Å². The predicted molar refractivity (Wildman–Crippen MR) is 196 cm³/mol. The molecule has 8 heteroatoms. The third-order valence-electron chi connectivity index (χ3n) is 14.8. The number of ether oxygens (including phenoxy) is 1. The number of amides is 1. The third kappa shape index (κ3) is 7.66. The summed E-state index contributed by atoms with van der Waals surface area (Å²) >= 11 is 0. The van der Waals surface area contributed by atoms with Crippen molar-refractivity contribution in [2.45, 2.75) is 169 Å². The molecule has 0 saturated heterocycles. The molecule has 1 aromatic rings. The quantitative estimate of drug-likeness (QED) is 0.142. The Bertz CT molecular complexity index is 1240. The van der Waals surface area contributed by atoms with E-state index in [4.69, 9.17) is 4.74 Å². The van der Waals surface area contributed by atoms with E-state index in [0.29, 0.717) is 36.0 Å². The van der Waals surface area contributed by atoms with E-state index in [1.165, 1.54) is 44.9 Å². The second-order valence-electron chi connectivity index (χ2n) is 17.9. The number of carbonyl (C=O) groups excluding carboxylic acids is 2. The Morgan fingerprint density at radius 3 is 2.51 bits per heavy atom. The second-order valence-corrected chi connectivity index (χ2v) is 17.9. The van der Waals surface area contributed by atoms with Crippen LogP contribution in [0.2, 0.25) is 0 Å². The van der Waals surface area contributed by atoms with E-state index in [9.17, 15) is 14.7 Å². The lowest BCUT2D eigenvalue weighted by Gasteiger charge is -2.66. The molecule has 0 radical (unpaired) electrons. The molecule has 1 amide bonds. The van der Waals surface area contributed by atoms with Crippen molar-refractivity contribution in [3.8, 4) is 0 Å². The number of hydrogen-bond donors (Lipinski definition) is 4. The van der Waals surface area contributed by atoms with Crippen LogP contribution in [-0.2, 0) is 20.7 Å². The van der Waals surface area contributed by atoms with Gasteiger partial charge in [0.15, 0.2) is 0 Å². The number of aromatic amines is 1. The molecule has 0 spiro atoms. The van der Waals surface area contributed by atoms with Crippen molar-refractivity contribution in [2.24, 2.45) is 52.3 Å². The van der Waals surface area contributed by atoms with E-state index in [0.717, 1.165) is 62.1 Å². The van der Waals surface area contributed by atoms with Crippen molar-refractivity contribution < 1.29 is 19.4 Å². The van der Waals surface area contributed by atoms with E-state index in [2.05, 4.69) is 55.2 Å². The molecule has 4 N–H and O–H groups in total. The van der Waals surface area contributed by atoms with E-state index in [-0.39, 0.29) is 35.4 Å². The molecule has 12 atom stereocenters. The third-order valence-corrected chi connectivity index (χ3v) is 14.8. The maximum absolute atomic E-state index is 13.6. The minimum atomic E-state index is -1.00. The Hall–Kier alpha value is -1.93. The molecule has 49 heavy (non-hydrogen) atoms. The van der Waals surface area contributed by atoms with Gasteiger partial charge in [-0.3, -0.25) is 4.79 Å². The number of hydrogen-bond acceptors (Lipinski definition) is 6. The largest absolute Gasteiger partial charge is 0.461 e. The van der Waals surface area contributed by atoms with Crippen LogP contribution in [-0.4, -0.2) is 57.3 Å². The monoisotopic (exact) mass is 683 g/mol. The molecule has 8 nitrogen and oxygen atoms in total. The number of esters is 1. The van der Waals surface area contributed by atoms with Gasteiger partial charge in [-0.25, -0.2) is 9.78 Å².